The highest BCUT2D eigenvalue weighted by Crippen LogP contribution is 2.36. The van der Waals surface area contributed by atoms with Crippen molar-refractivity contribution < 1.29 is 62.0 Å². The van der Waals surface area contributed by atoms with E-state index in [-0.39, 0.29) is 0 Å². The summed E-state index contributed by atoms with van der Waals surface area (Å²) in [6, 6.07) is 6.60. The topological polar surface area (TPSA) is 150 Å². The molecule has 0 bridgehead atoms. The number of alkyl halides is 6. The van der Waals surface area contributed by atoms with Gasteiger partial charge in [0.1, 0.15) is 13.2 Å². The molecule has 19 heteroatoms. The number of isocyanates is 1. The van der Waals surface area contributed by atoms with Gasteiger partial charge in [0, 0.05) is 5.69 Å². The number of hydrogen-bond donors (Lipinski definition) is 1. The lowest BCUT2D eigenvalue weighted by atomic mass is 10.2. The summed E-state index contributed by atoms with van der Waals surface area (Å²) in [4.78, 5) is 25.7. The molecule has 0 heterocycles. The molecule has 0 saturated carbocycles. The predicted molar refractivity (Wildman–Crippen MR) is 133 cm³/mol. The third kappa shape index (κ3) is 12.6. The first kappa shape index (κ1) is 37.3. The third-order valence-electron chi connectivity index (χ3n) is 4.96. The van der Waals surface area contributed by atoms with Gasteiger partial charge < -0.3 is 13.3 Å². The van der Waals surface area contributed by atoms with E-state index in [0.717, 1.165) is 54.1 Å². The predicted octanol–water partition coefficient (Wildman–Crippen LogP) is 5.31. The Balaban J connectivity index is 0.000000868. The van der Waals surface area contributed by atoms with Crippen molar-refractivity contribution in [1.82, 2.24) is 0 Å². The lowest BCUT2D eigenvalue weighted by Crippen LogP contribution is -2.51. The molecule has 1 rings (SSSR count). The summed E-state index contributed by atoms with van der Waals surface area (Å²) in [5.41, 5.74) is -11.3. The quantitative estimate of drug-likeness (QED) is 0.135. The van der Waals surface area contributed by atoms with Crippen LogP contribution in [0.15, 0.2) is 29.3 Å². The van der Waals surface area contributed by atoms with Gasteiger partial charge in [-0.05, 0) is 43.5 Å². The van der Waals surface area contributed by atoms with E-state index in [9.17, 15) is 52.8 Å². The Labute approximate surface area is 228 Å². The summed E-state index contributed by atoms with van der Waals surface area (Å²) >= 11 is 0. The molecule has 0 aliphatic carbocycles. The lowest BCUT2D eigenvalue weighted by molar-refractivity contribution is -0.928. The zero-order chi connectivity index (χ0) is 31.3. The maximum atomic E-state index is 12.0. The molecule has 1 N–H and O–H groups in total. The Morgan fingerprint density at radius 1 is 0.875 bits per heavy atom. The molecular weight excluding hydrogens is 598 g/mol. The number of aliphatic imine (C=N–C) groups is 1. The number of benzene rings is 1. The summed E-state index contributed by atoms with van der Waals surface area (Å²) < 4.78 is 116. The summed E-state index contributed by atoms with van der Waals surface area (Å²) in [5, 5.41) is 2.69. The average Bonchev–Trinajstić information content (AvgIpc) is 2.79. The van der Waals surface area contributed by atoms with E-state index >= 15 is 0 Å². The number of ether oxygens (including phenoxy) is 1. The van der Waals surface area contributed by atoms with Crippen molar-refractivity contribution in [3.05, 3.63) is 28.4 Å². The summed E-state index contributed by atoms with van der Waals surface area (Å²) in [7, 11) is -13.4. The Bertz CT molecular complexity index is 1140. The normalized spacial score (nSPS) is 12.5. The van der Waals surface area contributed by atoms with Gasteiger partial charge >= 0.3 is 17.1 Å². The van der Waals surface area contributed by atoms with Crippen LogP contribution < -0.4 is 5.32 Å². The Morgan fingerprint density at radius 3 is 1.65 bits per heavy atom. The Morgan fingerprint density at radius 2 is 1.30 bits per heavy atom. The van der Waals surface area contributed by atoms with Crippen molar-refractivity contribution in [2.45, 2.75) is 51.1 Å². The monoisotopic (exact) mass is 628 g/mol. The number of hydrogen-bond acceptors (Lipinski definition) is 8. The highest BCUT2D eigenvalue weighted by atomic mass is 32.3. The van der Waals surface area contributed by atoms with Crippen LogP contribution in [0.2, 0.25) is 0 Å². The van der Waals surface area contributed by atoms with Crippen LogP contribution in [0.3, 0.4) is 0 Å². The van der Waals surface area contributed by atoms with Crippen molar-refractivity contribution in [3.63, 3.8) is 0 Å². The van der Waals surface area contributed by atoms with Crippen LogP contribution in [0.25, 0.3) is 4.13 Å². The van der Waals surface area contributed by atoms with Gasteiger partial charge in [-0.1, -0.05) is 20.8 Å². The van der Waals surface area contributed by atoms with Crippen LogP contribution in [0.1, 0.15) is 40.0 Å². The largest absolute Gasteiger partial charge is 0.480 e. The van der Waals surface area contributed by atoms with Crippen LogP contribution in [0, 0.1) is 0 Å². The third-order valence-corrected chi connectivity index (χ3v) is 7.70. The van der Waals surface area contributed by atoms with Crippen molar-refractivity contribution in [2.75, 3.05) is 38.1 Å². The number of quaternary nitrogens is 1. The maximum absolute atomic E-state index is 12.0. The van der Waals surface area contributed by atoms with E-state index in [1.54, 1.807) is 24.3 Å². The van der Waals surface area contributed by atoms with Crippen LogP contribution in [0.5, 0.6) is 0 Å². The van der Waals surface area contributed by atoms with Crippen molar-refractivity contribution in [2.24, 2.45) is 4.99 Å². The van der Waals surface area contributed by atoms with Gasteiger partial charge in [0.2, 0.25) is 6.08 Å². The fourth-order valence-corrected chi connectivity index (χ4v) is 5.18. The van der Waals surface area contributed by atoms with Gasteiger partial charge in [0.05, 0.1) is 25.3 Å². The molecule has 11 nitrogen and oxygen atoms in total. The Kier molecular flexibility index (Phi) is 14.8. The van der Waals surface area contributed by atoms with Gasteiger partial charge in [-0.3, -0.25) is 5.32 Å². The van der Waals surface area contributed by atoms with Crippen molar-refractivity contribution >= 4 is 43.6 Å². The number of sulfonamides is 2. The molecule has 1 amide bonds. The zero-order valence-corrected chi connectivity index (χ0v) is 23.4. The van der Waals surface area contributed by atoms with E-state index in [0.29, 0.717) is 18.0 Å². The fraction of sp³-hybridized carbons (Fsp3) is 0.619. The van der Waals surface area contributed by atoms with Crippen LogP contribution >= 0.6 is 0 Å². The number of nitrogens with zero attached hydrogens (tertiary/aromatic N) is 3. The molecule has 0 aromatic heterocycles. The molecule has 0 fully saturated rings. The van der Waals surface area contributed by atoms with E-state index in [1.165, 1.54) is 6.08 Å². The van der Waals surface area contributed by atoms with E-state index in [4.69, 9.17) is 4.74 Å². The van der Waals surface area contributed by atoms with Gasteiger partial charge in [0.25, 0.3) is 0 Å². The summed E-state index contributed by atoms with van der Waals surface area (Å²) in [5.74, 6) is 0. The molecule has 0 radical (unpaired) electrons. The SMILES string of the molecule is CCC[N+](CCC)(CCC)CCOC(=O)Nc1ccc(N=C=O)cc1.O=S(=O)([N-]S(=O)(=O)C(F)(F)F)C(F)(F)F. The number of amides is 1. The number of anilines is 1. The summed E-state index contributed by atoms with van der Waals surface area (Å²) in [6.07, 6.45) is 4.40. The van der Waals surface area contributed by atoms with E-state index in [1.807, 2.05) is 0 Å². The van der Waals surface area contributed by atoms with Gasteiger partial charge in [-0.15, -0.1) is 0 Å². The smallest absolute Gasteiger partial charge is 0.443 e. The van der Waals surface area contributed by atoms with Crippen LogP contribution in [-0.2, 0) is 29.6 Å². The van der Waals surface area contributed by atoms with Gasteiger partial charge in [-0.25, -0.2) is 26.4 Å². The van der Waals surface area contributed by atoms with Gasteiger partial charge in [-0.2, -0.15) is 31.3 Å². The number of carbonyl (C=O) groups excluding carboxylic acids is 2. The molecule has 0 unspecified atom stereocenters. The number of carbonyl (C=O) groups is 1. The minimum Gasteiger partial charge on any atom is -0.443 e. The minimum absolute atomic E-state index is 0.402. The zero-order valence-electron chi connectivity index (χ0n) is 21.7. The number of halogens is 6. The maximum Gasteiger partial charge on any atom is 0.480 e. The first-order chi connectivity index (χ1) is 18.3. The molecule has 1 aromatic rings. The highest BCUT2D eigenvalue weighted by molar-refractivity contribution is 8.13. The van der Waals surface area contributed by atoms with Gasteiger partial charge in [0.15, 0.2) is 20.0 Å². The molecule has 0 saturated heterocycles. The molecule has 0 atom stereocenters. The number of rotatable bonds is 13. The molecule has 40 heavy (non-hydrogen) atoms. The molecule has 1 aromatic carbocycles. The van der Waals surface area contributed by atoms with E-state index in [2.05, 4.69) is 31.1 Å². The van der Waals surface area contributed by atoms with Crippen molar-refractivity contribution in [3.8, 4) is 0 Å². The lowest BCUT2D eigenvalue weighted by Gasteiger charge is -2.38. The first-order valence-electron chi connectivity index (χ1n) is 11.6. The standard InChI is InChI=1S/C19H29N3O3.C2F6NO4S2/c1-4-11-22(12-5-2,13-6-3)14-15-25-19(24)21-18-9-7-17(8-10-18)20-16-23;3-1(4,5)14(10,11)9-15(12,13)2(6,7)8/h7-10H,4-6,11-15H2,1-3H3;/q;-1/p+1. The second kappa shape index (κ2) is 15.9. The second-order valence-corrected chi connectivity index (χ2v) is 11.6. The van der Waals surface area contributed by atoms with Crippen LogP contribution in [-0.4, -0.2) is 77.3 Å². The first-order valence-corrected chi connectivity index (χ1v) is 14.5. The molecular formula is C21H30F6N4O7S2. The second-order valence-electron chi connectivity index (χ2n) is 8.16. The van der Waals surface area contributed by atoms with Crippen LogP contribution in [0.4, 0.5) is 42.5 Å². The van der Waals surface area contributed by atoms with E-state index < -0.39 is 37.2 Å². The molecule has 0 spiro atoms. The average molecular weight is 629 g/mol. The minimum atomic E-state index is -6.72. The number of nitrogens with one attached hydrogen (secondary N) is 1. The van der Waals surface area contributed by atoms with Crippen molar-refractivity contribution in [1.29, 1.82) is 0 Å². The molecule has 0 aliphatic heterocycles. The summed E-state index contributed by atoms with van der Waals surface area (Å²) in [6.45, 7) is 11.2. The molecule has 0 aliphatic rings. The molecule has 230 valence electrons. The highest BCUT2D eigenvalue weighted by Gasteiger charge is 2.46. The fourth-order valence-electron chi connectivity index (χ4n) is 3.47. The Hall–Kier alpha value is -2.73.